The van der Waals surface area contributed by atoms with Gasteiger partial charge >= 0.3 is 0 Å². The molecule has 2 aromatic carbocycles. The number of fused-ring (bicyclic) bond motifs is 1. The van der Waals surface area contributed by atoms with E-state index in [1.165, 1.54) is 64.8 Å². The summed E-state index contributed by atoms with van der Waals surface area (Å²) in [5.74, 6) is 0. The van der Waals surface area contributed by atoms with Gasteiger partial charge in [-0.15, -0.1) is 0 Å². The normalized spacial score (nSPS) is 21.0. The van der Waals surface area contributed by atoms with Crippen LogP contribution in [0.3, 0.4) is 0 Å². The Labute approximate surface area is 196 Å². The lowest BCUT2D eigenvalue weighted by Gasteiger charge is -2.51. The maximum Gasteiger partial charge on any atom is 0.0498 e. The molecule has 1 unspecified atom stereocenters. The third kappa shape index (κ3) is 3.71. The predicted molar refractivity (Wildman–Crippen MR) is 136 cm³/mol. The lowest BCUT2D eigenvalue weighted by molar-refractivity contribution is 0.0188. The van der Waals surface area contributed by atoms with Crippen LogP contribution >= 0.6 is 0 Å². The number of benzene rings is 2. The summed E-state index contributed by atoms with van der Waals surface area (Å²) in [6.45, 7) is 2.45. The van der Waals surface area contributed by atoms with Gasteiger partial charge in [-0.2, -0.15) is 0 Å². The summed E-state index contributed by atoms with van der Waals surface area (Å²) in [6.07, 6.45) is 13.1. The first-order chi connectivity index (χ1) is 16.3. The van der Waals surface area contributed by atoms with Crippen LogP contribution in [0.2, 0.25) is 0 Å². The Bertz CT molecular complexity index is 1270. The maximum absolute atomic E-state index is 4.18. The largest absolute Gasteiger partial charge is 0.355 e. The van der Waals surface area contributed by atoms with E-state index in [2.05, 4.69) is 87.7 Å². The fourth-order valence-electron chi connectivity index (χ4n) is 5.84. The molecule has 1 aliphatic carbocycles. The summed E-state index contributed by atoms with van der Waals surface area (Å²) in [4.78, 5) is 10.7. The minimum Gasteiger partial charge on any atom is -0.355 e. The van der Waals surface area contributed by atoms with E-state index in [4.69, 9.17) is 0 Å². The van der Waals surface area contributed by atoms with Crippen molar-refractivity contribution in [3.05, 3.63) is 108 Å². The lowest BCUT2D eigenvalue weighted by atomic mass is 9.74. The standard InChI is InChI=1S/C30H31N3/c1-2-7-25(8-3-1)30(33-21-6-22-33)17-13-24(14-18-30)29-27(12-11-23-15-19-31-20-16-23)26-9-4-5-10-28(26)32-29/h1-5,7-10,13,15-16,19-20,32H,6,11-12,14,17-18,21-22H2. The fraction of sp³-hybridized carbons (Fsp3) is 0.300. The molecule has 1 aliphatic heterocycles. The first-order valence-corrected chi connectivity index (χ1v) is 12.3. The summed E-state index contributed by atoms with van der Waals surface area (Å²) in [6, 6.07) is 24.3. The average Bonchev–Trinajstić information content (AvgIpc) is 3.22. The number of hydrogen-bond donors (Lipinski definition) is 1. The van der Waals surface area contributed by atoms with Gasteiger partial charge in [-0.05, 0) is 79.0 Å². The van der Waals surface area contributed by atoms with E-state index in [1.807, 2.05) is 12.4 Å². The Balaban J connectivity index is 1.35. The van der Waals surface area contributed by atoms with Crippen molar-refractivity contribution in [1.29, 1.82) is 0 Å². The topological polar surface area (TPSA) is 31.9 Å². The summed E-state index contributed by atoms with van der Waals surface area (Å²) in [5, 5.41) is 1.37. The highest BCUT2D eigenvalue weighted by molar-refractivity contribution is 5.89. The van der Waals surface area contributed by atoms with Gasteiger partial charge < -0.3 is 4.98 Å². The second-order valence-electron chi connectivity index (χ2n) is 9.55. The van der Waals surface area contributed by atoms with Crippen LogP contribution in [0.1, 0.15) is 48.1 Å². The Morgan fingerprint density at radius 3 is 2.39 bits per heavy atom. The van der Waals surface area contributed by atoms with Gasteiger partial charge in [-0.1, -0.05) is 54.6 Å². The monoisotopic (exact) mass is 433 g/mol. The number of aromatic nitrogens is 2. The molecular formula is C30H31N3. The van der Waals surface area contributed by atoms with Crippen LogP contribution in [0.4, 0.5) is 0 Å². The molecule has 166 valence electrons. The van der Waals surface area contributed by atoms with Crippen LogP contribution in [0.25, 0.3) is 16.5 Å². The van der Waals surface area contributed by atoms with Gasteiger partial charge in [0, 0.05) is 47.6 Å². The molecule has 2 aromatic heterocycles. The summed E-state index contributed by atoms with van der Waals surface area (Å²) >= 11 is 0. The molecule has 1 saturated heterocycles. The molecule has 0 saturated carbocycles. The molecule has 1 fully saturated rings. The van der Waals surface area contributed by atoms with Crippen LogP contribution in [0, 0.1) is 0 Å². The zero-order chi connectivity index (χ0) is 22.1. The Morgan fingerprint density at radius 1 is 0.879 bits per heavy atom. The molecule has 3 heterocycles. The number of likely N-dealkylation sites (tertiary alicyclic amines) is 1. The van der Waals surface area contributed by atoms with E-state index < -0.39 is 0 Å². The molecule has 0 spiro atoms. The van der Waals surface area contributed by atoms with Crippen molar-refractivity contribution in [1.82, 2.24) is 14.9 Å². The highest BCUT2D eigenvalue weighted by atomic mass is 15.2. The van der Waals surface area contributed by atoms with Crippen molar-refractivity contribution < 1.29 is 0 Å². The van der Waals surface area contributed by atoms with Crippen molar-refractivity contribution in [2.24, 2.45) is 0 Å². The minimum atomic E-state index is 0.159. The first-order valence-electron chi connectivity index (χ1n) is 12.3. The maximum atomic E-state index is 4.18. The van der Waals surface area contributed by atoms with E-state index in [9.17, 15) is 0 Å². The fourth-order valence-corrected chi connectivity index (χ4v) is 5.84. The molecule has 1 N–H and O–H groups in total. The summed E-state index contributed by atoms with van der Waals surface area (Å²) in [7, 11) is 0. The van der Waals surface area contributed by atoms with E-state index in [1.54, 1.807) is 0 Å². The highest BCUT2D eigenvalue weighted by Gasteiger charge is 2.42. The third-order valence-corrected chi connectivity index (χ3v) is 7.81. The van der Waals surface area contributed by atoms with Crippen LogP contribution in [-0.2, 0) is 18.4 Å². The Hall–Kier alpha value is -3.17. The van der Waals surface area contributed by atoms with E-state index in [0.717, 1.165) is 25.7 Å². The van der Waals surface area contributed by atoms with Gasteiger partial charge in [0.25, 0.3) is 0 Å². The average molecular weight is 434 g/mol. The second kappa shape index (κ2) is 8.64. The van der Waals surface area contributed by atoms with Crippen LogP contribution < -0.4 is 0 Å². The Morgan fingerprint density at radius 2 is 1.67 bits per heavy atom. The first kappa shape index (κ1) is 20.4. The number of para-hydroxylation sites is 1. The SMILES string of the molecule is C1=C(c2[nH]c3ccccc3c2CCc2ccncc2)CCC(c2ccccc2)(N2CCC2)C1. The number of rotatable bonds is 6. The van der Waals surface area contributed by atoms with Gasteiger partial charge in [0.1, 0.15) is 0 Å². The summed E-state index contributed by atoms with van der Waals surface area (Å²) in [5.41, 5.74) is 8.55. The molecule has 3 nitrogen and oxygen atoms in total. The van der Waals surface area contributed by atoms with Gasteiger partial charge in [0.15, 0.2) is 0 Å². The zero-order valence-corrected chi connectivity index (χ0v) is 19.1. The molecule has 3 heteroatoms. The van der Waals surface area contributed by atoms with Crippen molar-refractivity contribution in [2.45, 2.75) is 44.1 Å². The molecular weight excluding hydrogens is 402 g/mol. The van der Waals surface area contributed by atoms with Crippen LogP contribution in [0.15, 0.2) is 85.2 Å². The van der Waals surface area contributed by atoms with Gasteiger partial charge in [0.2, 0.25) is 0 Å². The molecule has 2 aliphatic rings. The second-order valence-corrected chi connectivity index (χ2v) is 9.55. The van der Waals surface area contributed by atoms with E-state index >= 15 is 0 Å². The number of H-pyrrole nitrogens is 1. The Kier molecular flexibility index (Phi) is 5.35. The third-order valence-electron chi connectivity index (χ3n) is 7.81. The van der Waals surface area contributed by atoms with Gasteiger partial charge in [-0.3, -0.25) is 9.88 Å². The molecule has 6 rings (SSSR count). The molecule has 4 aromatic rings. The molecule has 1 atom stereocenters. The number of pyridine rings is 1. The number of aromatic amines is 1. The van der Waals surface area contributed by atoms with Gasteiger partial charge in [0.05, 0.1) is 0 Å². The summed E-state index contributed by atoms with van der Waals surface area (Å²) < 4.78 is 0. The van der Waals surface area contributed by atoms with Crippen molar-refractivity contribution in [3.63, 3.8) is 0 Å². The molecule has 0 bridgehead atoms. The highest BCUT2D eigenvalue weighted by Crippen LogP contribution is 2.46. The number of nitrogens with one attached hydrogen (secondary N) is 1. The van der Waals surface area contributed by atoms with Crippen molar-refractivity contribution in [2.75, 3.05) is 13.1 Å². The number of hydrogen-bond acceptors (Lipinski definition) is 2. The van der Waals surface area contributed by atoms with E-state index in [-0.39, 0.29) is 5.54 Å². The van der Waals surface area contributed by atoms with Crippen LogP contribution in [0.5, 0.6) is 0 Å². The molecule has 33 heavy (non-hydrogen) atoms. The molecule has 0 amide bonds. The predicted octanol–water partition coefficient (Wildman–Crippen LogP) is 6.52. The molecule has 0 radical (unpaired) electrons. The lowest BCUT2D eigenvalue weighted by Crippen LogP contribution is -2.53. The van der Waals surface area contributed by atoms with Crippen molar-refractivity contribution in [3.8, 4) is 0 Å². The minimum absolute atomic E-state index is 0.159. The smallest absolute Gasteiger partial charge is 0.0498 e. The number of allylic oxidation sites excluding steroid dienone is 1. The quantitative estimate of drug-likeness (QED) is 0.375. The number of nitrogens with zero attached hydrogens (tertiary/aromatic N) is 2. The van der Waals surface area contributed by atoms with Gasteiger partial charge in [-0.25, -0.2) is 0 Å². The zero-order valence-electron chi connectivity index (χ0n) is 19.1. The number of aryl methyl sites for hydroxylation is 2. The van der Waals surface area contributed by atoms with Crippen LogP contribution in [-0.4, -0.2) is 28.0 Å². The van der Waals surface area contributed by atoms with Crippen molar-refractivity contribution >= 4 is 16.5 Å². The van der Waals surface area contributed by atoms with E-state index in [0.29, 0.717) is 0 Å².